The van der Waals surface area contributed by atoms with Crippen molar-refractivity contribution in [1.29, 1.82) is 0 Å². The summed E-state index contributed by atoms with van der Waals surface area (Å²) in [5.74, 6) is 0.441. The minimum absolute atomic E-state index is 0.00296. The molecule has 41 heavy (non-hydrogen) atoms. The zero-order valence-corrected chi connectivity index (χ0v) is 23.2. The molecular weight excluding hydrogens is 539 g/mol. The number of amides is 1. The summed E-state index contributed by atoms with van der Waals surface area (Å²) in [7, 11) is 1.83. The lowest BCUT2D eigenvalue weighted by Crippen LogP contribution is -2.29. The first-order chi connectivity index (χ1) is 20.1. The molecule has 0 radical (unpaired) electrons. The van der Waals surface area contributed by atoms with Gasteiger partial charge in [-0.15, -0.1) is 11.3 Å². The van der Waals surface area contributed by atoms with E-state index in [-0.39, 0.29) is 23.0 Å². The van der Waals surface area contributed by atoms with Gasteiger partial charge in [-0.25, -0.2) is 14.4 Å². The quantitative estimate of drug-likeness (QED) is 0.268. The first-order valence-corrected chi connectivity index (χ1v) is 14.5. The Morgan fingerprint density at radius 3 is 2.85 bits per heavy atom. The second-order valence-corrected chi connectivity index (χ2v) is 11.4. The van der Waals surface area contributed by atoms with E-state index in [0.717, 1.165) is 41.8 Å². The van der Waals surface area contributed by atoms with Crippen LogP contribution >= 0.6 is 11.3 Å². The fourth-order valence-corrected chi connectivity index (χ4v) is 6.32. The third-order valence-corrected chi connectivity index (χ3v) is 8.58. The van der Waals surface area contributed by atoms with E-state index in [1.807, 2.05) is 30.6 Å². The summed E-state index contributed by atoms with van der Waals surface area (Å²) in [5.41, 5.74) is 4.22. The van der Waals surface area contributed by atoms with Crippen LogP contribution < -0.4 is 10.2 Å². The van der Waals surface area contributed by atoms with Gasteiger partial charge < -0.3 is 15.2 Å². The predicted molar refractivity (Wildman–Crippen MR) is 159 cm³/mol. The maximum absolute atomic E-state index is 16.5. The number of imidazole rings is 1. The molecule has 0 aromatic carbocycles. The van der Waals surface area contributed by atoms with Crippen molar-refractivity contribution in [1.82, 2.24) is 24.9 Å². The first kappa shape index (κ1) is 25.5. The van der Waals surface area contributed by atoms with E-state index in [1.165, 1.54) is 12.6 Å². The number of aromatic amines is 1. The number of halogens is 1. The number of H-pyrrole nitrogens is 1. The number of hydrogen-bond acceptors (Lipinski definition) is 8. The number of nitrogens with zero attached hydrogens (tertiary/aromatic N) is 6. The number of aliphatic imine (C=N–C) groups is 1. The van der Waals surface area contributed by atoms with Crippen molar-refractivity contribution in [2.45, 2.75) is 32.1 Å². The smallest absolute Gasteiger partial charge is 0.227 e. The Balaban J connectivity index is 1.26. The third-order valence-electron chi connectivity index (χ3n) is 7.71. The molecule has 2 aliphatic rings. The van der Waals surface area contributed by atoms with Crippen LogP contribution in [0.25, 0.3) is 32.7 Å². The molecule has 11 heteroatoms. The Bertz CT molecular complexity index is 1790. The summed E-state index contributed by atoms with van der Waals surface area (Å²) >= 11 is 1.58. The molecule has 5 aromatic rings. The number of nitrogens with one attached hydrogen (secondary N) is 2. The molecule has 1 aliphatic carbocycles. The molecule has 1 fully saturated rings. The van der Waals surface area contributed by atoms with Crippen LogP contribution in [0.4, 0.5) is 15.9 Å². The molecule has 5 aromatic heterocycles. The highest BCUT2D eigenvalue weighted by Crippen LogP contribution is 2.35. The predicted octanol–water partition coefficient (Wildman–Crippen LogP) is 6.05. The maximum atomic E-state index is 16.5. The van der Waals surface area contributed by atoms with Gasteiger partial charge in [-0.1, -0.05) is 25.3 Å². The first-order valence-electron chi connectivity index (χ1n) is 13.7. The van der Waals surface area contributed by atoms with Gasteiger partial charge in [0.2, 0.25) is 5.91 Å². The molecule has 1 aliphatic heterocycles. The number of rotatable bonds is 5. The van der Waals surface area contributed by atoms with E-state index >= 15 is 4.39 Å². The molecule has 0 unspecified atom stereocenters. The Morgan fingerprint density at radius 2 is 2.02 bits per heavy atom. The Morgan fingerprint density at radius 1 is 1.15 bits per heavy atom. The van der Waals surface area contributed by atoms with Crippen molar-refractivity contribution >= 4 is 45.5 Å². The average molecular weight is 567 g/mol. The monoisotopic (exact) mass is 566 g/mol. The van der Waals surface area contributed by atoms with Crippen molar-refractivity contribution in [3.05, 3.63) is 71.6 Å². The van der Waals surface area contributed by atoms with Crippen LogP contribution in [0.3, 0.4) is 0 Å². The zero-order valence-electron chi connectivity index (χ0n) is 22.4. The summed E-state index contributed by atoms with van der Waals surface area (Å²) in [4.78, 5) is 41.9. The van der Waals surface area contributed by atoms with Crippen LogP contribution in [-0.2, 0) is 4.79 Å². The van der Waals surface area contributed by atoms with Crippen molar-refractivity contribution in [2.75, 3.05) is 23.9 Å². The molecule has 7 rings (SSSR count). The fourth-order valence-electron chi connectivity index (χ4n) is 5.60. The minimum Gasteiger partial charge on any atom is -0.340 e. The molecular formula is C30H27FN8OS. The average Bonchev–Trinajstić information content (AvgIpc) is 3.69. The van der Waals surface area contributed by atoms with Gasteiger partial charge in [0, 0.05) is 42.7 Å². The largest absolute Gasteiger partial charge is 0.340 e. The van der Waals surface area contributed by atoms with Crippen LogP contribution in [0.15, 0.2) is 59.4 Å². The van der Waals surface area contributed by atoms with E-state index in [0.29, 0.717) is 40.8 Å². The number of pyridine rings is 3. The number of carbonyl (C=O) groups is 1. The third kappa shape index (κ3) is 4.65. The van der Waals surface area contributed by atoms with E-state index in [4.69, 9.17) is 9.98 Å². The normalized spacial score (nSPS) is 15.6. The molecule has 2 N–H and O–H groups in total. The van der Waals surface area contributed by atoms with Gasteiger partial charge in [0.05, 0.1) is 27.8 Å². The van der Waals surface area contributed by atoms with Crippen LogP contribution in [-0.4, -0.2) is 50.3 Å². The number of carbonyl (C=O) groups excluding carboxylic acids is 1. The summed E-state index contributed by atoms with van der Waals surface area (Å²) < 4.78 is 16.5. The van der Waals surface area contributed by atoms with E-state index < -0.39 is 5.82 Å². The van der Waals surface area contributed by atoms with Crippen molar-refractivity contribution in [2.24, 2.45) is 10.9 Å². The van der Waals surface area contributed by atoms with Crippen molar-refractivity contribution in [3.8, 4) is 21.7 Å². The molecule has 0 atom stereocenters. The van der Waals surface area contributed by atoms with Crippen LogP contribution in [0.1, 0.15) is 43.5 Å². The van der Waals surface area contributed by atoms with Crippen LogP contribution in [0.2, 0.25) is 0 Å². The van der Waals surface area contributed by atoms with Crippen LogP contribution in [0, 0.1) is 11.7 Å². The highest BCUT2D eigenvalue weighted by Gasteiger charge is 2.29. The van der Waals surface area contributed by atoms with Crippen molar-refractivity contribution in [3.63, 3.8) is 0 Å². The van der Waals surface area contributed by atoms with Gasteiger partial charge >= 0.3 is 0 Å². The highest BCUT2D eigenvalue weighted by atomic mass is 32.1. The number of fused-ring (bicyclic) bond motifs is 2. The van der Waals surface area contributed by atoms with Crippen molar-refractivity contribution < 1.29 is 9.18 Å². The summed E-state index contributed by atoms with van der Waals surface area (Å²) in [6.45, 7) is 0.311. The summed E-state index contributed by atoms with van der Waals surface area (Å²) in [6, 6.07) is 7.56. The van der Waals surface area contributed by atoms with Gasteiger partial charge in [0.25, 0.3) is 0 Å². The molecule has 6 heterocycles. The molecule has 1 amide bonds. The second kappa shape index (κ2) is 10.5. The van der Waals surface area contributed by atoms with Gasteiger partial charge in [-0.3, -0.25) is 19.8 Å². The van der Waals surface area contributed by atoms with Gasteiger partial charge in [-0.2, -0.15) is 0 Å². The second-order valence-electron chi connectivity index (χ2n) is 10.4. The topological polar surface area (TPSA) is 112 Å². The lowest BCUT2D eigenvalue weighted by Gasteiger charge is -2.25. The molecule has 0 spiro atoms. The Kier molecular flexibility index (Phi) is 6.50. The summed E-state index contributed by atoms with van der Waals surface area (Å²) in [5, 5.41) is 4.98. The fraction of sp³-hybridized carbons (Fsp3) is 0.267. The van der Waals surface area contributed by atoms with Gasteiger partial charge in [0.15, 0.2) is 5.82 Å². The number of hydrogen-bond donors (Lipinski definition) is 2. The maximum Gasteiger partial charge on any atom is 0.227 e. The Hall–Kier alpha value is -4.51. The number of anilines is 2. The minimum atomic E-state index is -0.477. The summed E-state index contributed by atoms with van der Waals surface area (Å²) in [6.07, 6.45) is 11.5. The van der Waals surface area contributed by atoms with Gasteiger partial charge in [0.1, 0.15) is 35.2 Å². The highest BCUT2D eigenvalue weighted by molar-refractivity contribution is 7.13. The standard InChI is InChI=1S/C30H27FN8OS/c1-39-16-35-27(28-37-21-9-10-33-26(25(21)38-28)22-8-5-11-41-22)23-24(31)20(15-34-29(23)39)18-12-19(14-32-13-18)36-30(40)17-6-3-2-4-7-17/h5,8-15,17H,2-4,6-7,16H2,1H3,(H,36,40)(H,37,38). The number of aromatic nitrogens is 5. The van der Waals surface area contributed by atoms with Gasteiger partial charge in [-0.05, 0) is 36.4 Å². The lowest BCUT2D eigenvalue weighted by atomic mass is 9.88. The van der Waals surface area contributed by atoms with E-state index in [1.54, 1.807) is 40.9 Å². The lowest BCUT2D eigenvalue weighted by molar-refractivity contribution is -0.120. The van der Waals surface area contributed by atoms with E-state index in [9.17, 15) is 4.79 Å². The molecule has 9 nitrogen and oxygen atoms in total. The number of thiophene rings is 1. The molecule has 206 valence electrons. The van der Waals surface area contributed by atoms with Crippen LogP contribution in [0.5, 0.6) is 0 Å². The SMILES string of the molecule is CN1CN=C(c2nc3c(-c4cccs4)nccc3[nH]2)c2c1ncc(-c1cncc(NC(=O)C3CCCCC3)c1)c2F. The van der Waals surface area contributed by atoms with E-state index in [2.05, 4.69) is 25.3 Å². The molecule has 0 bridgehead atoms. The molecule has 1 saturated carbocycles. The molecule has 0 saturated heterocycles. The Labute approximate surface area is 239 Å². The zero-order chi connectivity index (χ0) is 27.9.